The van der Waals surface area contributed by atoms with E-state index >= 15 is 0 Å². The van der Waals surface area contributed by atoms with Gasteiger partial charge in [-0.1, -0.05) is 43.8 Å². The van der Waals surface area contributed by atoms with Crippen molar-refractivity contribution in [3.63, 3.8) is 0 Å². The third-order valence-electron chi connectivity index (χ3n) is 1.98. The summed E-state index contributed by atoms with van der Waals surface area (Å²) in [6.45, 7) is 6.00. The molecule has 4 heteroatoms. The number of aliphatic imine (C=N–C) groups is 1. The van der Waals surface area contributed by atoms with Crippen molar-refractivity contribution in [2.75, 3.05) is 5.75 Å². The Morgan fingerprint density at radius 1 is 1.47 bits per heavy atom. The summed E-state index contributed by atoms with van der Waals surface area (Å²) in [6, 6.07) is 9.78. The molecule has 0 fully saturated rings. The molecule has 3 nitrogen and oxygen atoms in total. The second-order valence-electron chi connectivity index (χ2n) is 3.22. The first-order valence-corrected chi connectivity index (χ1v) is 6.40. The Morgan fingerprint density at radius 2 is 2.18 bits per heavy atom. The van der Waals surface area contributed by atoms with Gasteiger partial charge in [-0.15, -0.1) is 11.8 Å². The second kappa shape index (κ2) is 7.68. The lowest BCUT2D eigenvalue weighted by molar-refractivity contribution is -0.114. The van der Waals surface area contributed by atoms with E-state index in [0.717, 1.165) is 11.3 Å². The molecule has 0 unspecified atom stereocenters. The quantitative estimate of drug-likeness (QED) is 0.657. The fourth-order valence-electron chi connectivity index (χ4n) is 1.23. The van der Waals surface area contributed by atoms with Crippen LogP contribution >= 0.6 is 11.8 Å². The van der Waals surface area contributed by atoms with E-state index in [-0.39, 0.29) is 5.91 Å². The highest BCUT2D eigenvalue weighted by molar-refractivity contribution is 8.15. The van der Waals surface area contributed by atoms with E-state index in [4.69, 9.17) is 0 Å². The van der Waals surface area contributed by atoms with Crippen LogP contribution in [0.1, 0.15) is 12.5 Å². The van der Waals surface area contributed by atoms with Crippen molar-refractivity contribution in [3.8, 4) is 0 Å². The van der Waals surface area contributed by atoms with Gasteiger partial charge in [0.25, 0.3) is 5.91 Å². The van der Waals surface area contributed by atoms with E-state index < -0.39 is 0 Å². The number of hydrogen-bond acceptors (Lipinski definition) is 3. The molecule has 1 aromatic rings. The SMILES string of the molecule is C=C/N=C(\SCC)C(=O)NCc1ccccc1. The Balaban J connectivity index is 2.53. The number of rotatable bonds is 4. The summed E-state index contributed by atoms with van der Waals surface area (Å²) >= 11 is 1.41. The minimum atomic E-state index is -0.152. The van der Waals surface area contributed by atoms with Crippen LogP contribution < -0.4 is 5.32 Å². The second-order valence-corrected chi connectivity index (χ2v) is 4.47. The predicted octanol–water partition coefficient (Wildman–Crippen LogP) is 2.60. The maximum atomic E-state index is 11.8. The van der Waals surface area contributed by atoms with Gasteiger partial charge >= 0.3 is 0 Å². The van der Waals surface area contributed by atoms with Gasteiger partial charge in [-0.25, -0.2) is 4.99 Å². The highest BCUT2D eigenvalue weighted by Gasteiger charge is 2.09. The summed E-state index contributed by atoms with van der Waals surface area (Å²) in [5.41, 5.74) is 1.07. The van der Waals surface area contributed by atoms with Crippen molar-refractivity contribution in [1.29, 1.82) is 0 Å². The van der Waals surface area contributed by atoms with Gasteiger partial charge in [0.15, 0.2) is 5.04 Å². The Kier molecular flexibility index (Phi) is 6.10. The lowest BCUT2D eigenvalue weighted by Crippen LogP contribution is -2.28. The fourth-order valence-corrected chi connectivity index (χ4v) is 1.86. The predicted molar refractivity (Wildman–Crippen MR) is 74.1 cm³/mol. The molecule has 1 N–H and O–H groups in total. The molecule has 0 saturated carbocycles. The van der Waals surface area contributed by atoms with Crippen LogP contribution in [0.3, 0.4) is 0 Å². The fraction of sp³-hybridized carbons (Fsp3) is 0.231. The van der Waals surface area contributed by atoms with Crippen LogP contribution in [0, 0.1) is 0 Å². The summed E-state index contributed by atoms with van der Waals surface area (Å²) in [5.74, 6) is 0.659. The maximum Gasteiger partial charge on any atom is 0.276 e. The van der Waals surface area contributed by atoms with Gasteiger partial charge < -0.3 is 5.32 Å². The summed E-state index contributed by atoms with van der Waals surface area (Å²) < 4.78 is 0. The van der Waals surface area contributed by atoms with Gasteiger partial charge in [-0.2, -0.15) is 0 Å². The third-order valence-corrected chi connectivity index (χ3v) is 2.83. The Hall–Kier alpha value is -1.55. The number of thioether (sulfide) groups is 1. The zero-order valence-corrected chi connectivity index (χ0v) is 10.7. The minimum absolute atomic E-state index is 0.152. The van der Waals surface area contributed by atoms with Crippen molar-refractivity contribution >= 4 is 22.7 Å². The normalized spacial score (nSPS) is 11.0. The molecule has 0 aliphatic carbocycles. The van der Waals surface area contributed by atoms with Crippen LogP contribution in [0.25, 0.3) is 0 Å². The molecule has 0 bridgehead atoms. The number of carbonyl (C=O) groups is 1. The zero-order valence-electron chi connectivity index (χ0n) is 9.85. The van der Waals surface area contributed by atoms with Crippen LogP contribution in [0.15, 0.2) is 48.1 Å². The first kappa shape index (κ1) is 13.5. The van der Waals surface area contributed by atoms with E-state index in [0.29, 0.717) is 11.6 Å². The van der Waals surface area contributed by atoms with Gasteiger partial charge in [0.2, 0.25) is 0 Å². The molecule has 0 spiro atoms. The Morgan fingerprint density at radius 3 is 2.76 bits per heavy atom. The number of nitrogens with one attached hydrogen (secondary N) is 1. The first-order valence-electron chi connectivity index (χ1n) is 5.41. The summed E-state index contributed by atoms with van der Waals surface area (Å²) in [5, 5.41) is 3.29. The molecule has 0 atom stereocenters. The lowest BCUT2D eigenvalue weighted by Gasteiger charge is -2.06. The Bertz CT molecular complexity index is 401. The number of benzene rings is 1. The number of amides is 1. The van der Waals surface area contributed by atoms with Crippen LogP contribution in [-0.4, -0.2) is 16.7 Å². The first-order chi connectivity index (χ1) is 8.27. The van der Waals surface area contributed by atoms with Gasteiger partial charge in [0, 0.05) is 12.7 Å². The maximum absolute atomic E-state index is 11.8. The van der Waals surface area contributed by atoms with Crippen LogP contribution in [0.5, 0.6) is 0 Å². The van der Waals surface area contributed by atoms with Crippen molar-refractivity contribution in [3.05, 3.63) is 48.7 Å². The number of nitrogens with zero attached hydrogens (tertiary/aromatic N) is 1. The molecule has 1 aromatic carbocycles. The topological polar surface area (TPSA) is 41.5 Å². The van der Waals surface area contributed by atoms with Gasteiger partial charge in [-0.3, -0.25) is 4.79 Å². The van der Waals surface area contributed by atoms with E-state index in [2.05, 4.69) is 16.9 Å². The molecule has 0 radical (unpaired) electrons. The molecule has 0 aliphatic heterocycles. The largest absolute Gasteiger partial charge is 0.346 e. The zero-order chi connectivity index (χ0) is 12.5. The smallest absolute Gasteiger partial charge is 0.276 e. The molecule has 1 amide bonds. The summed E-state index contributed by atoms with van der Waals surface area (Å²) in [4.78, 5) is 15.7. The van der Waals surface area contributed by atoms with E-state index in [1.54, 1.807) is 0 Å². The van der Waals surface area contributed by atoms with Gasteiger partial charge in [0.1, 0.15) is 0 Å². The van der Waals surface area contributed by atoms with Crippen LogP contribution in [0.4, 0.5) is 0 Å². The monoisotopic (exact) mass is 248 g/mol. The highest BCUT2D eigenvalue weighted by atomic mass is 32.2. The average Bonchev–Trinajstić information content (AvgIpc) is 2.37. The van der Waals surface area contributed by atoms with Crippen molar-refractivity contribution in [2.45, 2.75) is 13.5 Å². The molecular formula is C13H16N2OS. The highest BCUT2D eigenvalue weighted by Crippen LogP contribution is 2.05. The lowest BCUT2D eigenvalue weighted by atomic mass is 10.2. The molecule has 0 aromatic heterocycles. The average molecular weight is 248 g/mol. The van der Waals surface area contributed by atoms with Crippen molar-refractivity contribution in [1.82, 2.24) is 5.32 Å². The molecule has 0 aliphatic rings. The van der Waals surface area contributed by atoms with Crippen LogP contribution in [0.2, 0.25) is 0 Å². The number of carbonyl (C=O) groups excluding carboxylic acids is 1. The van der Waals surface area contributed by atoms with E-state index in [9.17, 15) is 4.79 Å². The molecular weight excluding hydrogens is 232 g/mol. The van der Waals surface area contributed by atoms with Gasteiger partial charge in [0.05, 0.1) is 0 Å². The summed E-state index contributed by atoms with van der Waals surface area (Å²) in [6.07, 6.45) is 1.39. The van der Waals surface area contributed by atoms with Crippen LogP contribution in [-0.2, 0) is 11.3 Å². The Labute approximate surface area is 106 Å². The van der Waals surface area contributed by atoms with E-state index in [1.165, 1.54) is 18.0 Å². The van der Waals surface area contributed by atoms with Gasteiger partial charge in [-0.05, 0) is 11.3 Å². The molecule has 1 rings (SSSR count). The molecule has 0 heterocycles. The van der Waals surface area contributed by atoms with E-state index in [1.807, 2.05) is 37.3 Å². The number of hydrogen-bond donors (Lipinski definition) is 1. The van der Waals surface area contributed by atoms with Crippen molar-refractivity contribution < 1.29 is 4.79 Å². The third kappa shape index (κ3) is 4.87. The standard InChI is InChI=1S/C13H16N2OS/c1-3-14-13(17-4-2)12(16)15-10-11-8-6-5-7-9-11/h3,5-9H,1,4,10H2,2H3,(H,15,16)/b14-13-. The van der Waals surface area contributed by atoms with Crippen molar-refractivity contribution in [2.24, 2.45) is 4.99 Å². The molecule has 17 heavy (non-hydrogen) atoms. The summed E-state index contributed by atoms with van der Waals surface area (Å²) in [7, 11) is 0. The molecule has 0 saturated heterocycles. The molecule has 90 valence electrons. The minimum Gasteiger partial charge on any atom is -0.346 e.